The molecule has 0 bridgehead atoms. The minimum atomic E-state index is -0.0564. The van der Waals surface area contributed by atoms with Gasteiger partial charge in [0.15, 0.2) is 0 Å². The molecule has 4 heterocycles. The topological polar surface area (TPSA) is 93.9 Å². The van der Waals surface area contributed by atoms with Gasteiger partial charge in [-0.15, -0.1) is 0 Å². The fourth-order valence-electron chi connectivity index (χ4n) is 3.49. The van der Waals surface area contributed by atoms with E-state index in [1.807, 2.05) is 17.7 Å². The molecule has 0 radical (unpaired) electrons. The summed E-state index contributed by atoms with van der Waals surface area (Å²) in [5.41, 5.74) is 2.84. The fourth-order valence-corrected chi connectivity index (χ4v) is 3.66. The van der Waals surface area contributed by atoms with Gasteiger partial charge in [-0.2, -0.15) is 15.3 Å². The van der Waals surface area contributed by atoms with E-state index in [1.165, 1.54) is 0 Å². The summed E-state index contributed by atoms with van der Waals surface area (Å²) in [7, 11) is 0. The second kappa shape index (κ2) is 8.71. The highest BCUT2D eigenvalue weighted by molar-refractivity contribution is 6.30. The van der Waals surface area contributed by atoms with Gasteiger partial charge in [-0.05, 0) is 31.5 Å². The molecule has 1 amide bonds. The number of nitrogens with zero attached hydrogens (tertiary/aromatic N) is 6. The van der Waals surface area contributed by atoms with Crippen LogP contribution in [0.3, 0.4) is 0 Å². The molecule has 0 aromatic carbocycles. The molecule has 3 aromatic heterocycles. The van der Waals surface area contributed by atoms with Gasteiger partial charge in [0.1, 0.15) is 11.6 Å². The van der Waals surface area contributed by atoms with Crippen molar-refractivity contribution >= 4 is 29.1 Å². The Bertz CT molecular complexity index is 1080. The smallest absolute Gasteiger partial charge is 0.228 e. The summed E-state index contributed by atoms with van der Waals surface area (Å²) in [6.07, 6.45) is 4.54. The summed E-state index contributed by atoms with van der Waals surface area (Å²) in [6, 6.07) is 7.20. The number of ketones is 1. The molecule has 4 rings (SSSR count). The van der Waals surface area contributed by atoms with Crippen LogP contribution in [0.15, 0.2) is 36.7 Å². The van der Waals surface area contributed by atoms with Gasteiger partial charge in [-0.25, -0.2) is 4.68 Å². The number of carbonyl (C=O) groups excluding carboxylic acids is 2. The third-order valence-corrected chi connectivity index (χ3v) is 5.13. The minimum absolute atomic E-state index is 0.0449. The van der Waals surface area contributed by atoms with Crippen molar-refractivity contribution < 1.29 is 9.59 Å². The van der Waals surface area contributed by atoms with E-state index >= 15 is 0 Å². The highest BCUT2D eigenvalue weighted by Gasteiger charge is 2.24. The Balaban J connectivity index is 1.32. The second-order valence-corrected chi connectivity index (χ2v) is 7.72. The van der Waals surface area contributed by atoms with Crippen molar-refractivity contribution in [3.63, 3.8) is 0 Å². The highest BCUT2D eigenvalue weighted by atomic mass is 35.5. The van der Waals surface area contributed by atoms with E-state index in [0.717, 1.165) is 30.0 Å². The van der Waals surface area contributed by atoms with Gasteiger partial charge >= 0.3 is 0 Å². The number of Topliss-reactive ketones (excluding diaryl/α,β-unsaturated/α-hetero) is 1. The Hall–Kier alpha value is -3.13. The lowest BCUT2D eigenvalue weighted by Crippen LogP contribution is -2.37. The largest absolute Gasteiger partial charge is 0.299 e. The third kappa shape index (κ3) is 4.54. The zero-order valence-corrected chi connectivity index (χ0v) is 17.3. The van der Waals surface area contributed by atoms with Gasteiger partial charge in [0.05, 0.1) is 28.5 Å². The third-order valence-electron chi connectivity index (χ3n) is 4.93. The molecule has 1 aliphatic heterocycles. The number of halogens is 1. The quantitative estimate of drug-likeness (QED) is 0.603. The molecule has 0 N–H and O–H groups in total. The predicted octanol–water partition coefficient (Wildman–Crippen LogP) is 3.03. The average molecular weight is 425 g/mol. The maximum atomic E-state index is 12.6. The fraction of sp³-hybridized carbons (Fsp3) is 0.333. The molecule has 0 saturated heterocycles. The van der Waals surface area contributed by atoms with E-state index in [9.17, 15) is 9.59 Å². The number of fused-ring (bicyclic) bond motifs is 1. The number of pyridine rings is 1. The van der Waals surface area contributed by atoms with Gasteiger partial charge in [0, 0.05) is 50.0 Å². The molecule has 0 fully saturated rings. The number of anilines is 1. The van der Waals surface area contributed by atoms with Crippen LogP contribution in [0.25, 0.3) is 11.3 Å². The second-order valence-electron chi connectivity index (χ2n) is 7.28. The first-order valence-electron chi connectivity index (χ1n) is 9.79. The molecule has 0 unspecified atom stereocenters. The first kappa shape index (κ1) is 20.2. The average Bonchev–Trinajstić information content (AvgIpc) is 3.12. The number of carbonyl (C=O) groups is 2. The van der Waals surface area contributed by atoms with E-state index in [4.69, 9.17) is 11.6 Å². The summed E-state index contributed by atoms with van der Waals surface area (Å²) in [4.78, 5) is 30.8. The molecule has 0 aliphatic carbocycles. The molecule has 0 atom stereocenters. The molecule has 3 aromatic rings. The van der Waals surface area contributed by atoms with Crippen LogP contribution in [0.1, 0.15) is 30.7 Å². The van der Waals surface area contributed by atoms with Crippen LogP contribution in [0, 0.1) is 6.92 Å². The zero-order valence-electron chi connectivity index (χ0n) is 16.6. The molecule has 0 saturated carbocycles. The van der Waals surface area contributed by atoms with Crippen molar-refractivity contribution in [3.8, 4) is 11.3 Å². The normalized spacial score (nSPS) is 13.2. The van der Waals surface area contributed by atoms with Crippen molar-refractivity contribution in [1.29, 1.82) is 0 Å². The van der Waals surface area contributed by atoms with Crippen molar-refractivity contribution in [2.75, 3.05) is 11.4 Å². The summed E-state index contributed by atoms with van der Waals surface area (Å²) in [6.45, 7) is 3.38. The van der Waals surface area contributed by atoms with Gasteiger partial charge in [-0.1, -0.05) is 11.6 Å². The zero-order chi connectivity index (χ0) is 21.1. The first-order chi connectivity index (χ1) is 14.5. The van der Waals surface area contributed by atoms with E-state index in [2.05, 4.69) is 20.3 Å². The first-order valence-corrected chi connectivity index (χ1v) is 10.2. The Morgan fingerprint density at radius 2 is 1.97 bits per heavy atom. The summed E-state index contributed by atoms with van der Waals surface area (Å²) < 4.78 is 1.85. The number of amides is 1. The van der Waals surface area contributed by atoms with Gasteiger partial charge in [-0.3, -0.25) is 19.5 Å². The van der Waals surface area contributed by atoms with E-state index in [1.54, 1.807) is 35.5 Å². The van der Waals surface area contributed by atoms with Gasteiger partial charge in [0.2, 0.25) is 5.91 Å². The number of aryl methyl sites for hydroxylation is 2. The molecular formula is C21H21ClN6O2. The van der Waals surface area contributed by atoms with E-state index in [0.29, 0.717) is 23.0 Å². The SMILES string of the molecule is Cc1cc2n(n1)CCCN2C(=O)CCC(=O)Cc1ccc(-c2cncc(Cl)c2)nn1. The highest BCUT2D eigenvalue weighted by Crippen LogP contribution is 2.23. The Labute approximate surface area is 178 Å². The van der Waals surface area contributed by atoms with Crippen molar-refractivity contribution in [2.45, 2.75) is 39.2 Å². The summed E-state index contributed by atoms with van der Waals surface area (Å²) in [5.74, 6) is 0.712. The minimum Gasteiger partial charge on any atom is -0.299 e. The van der Waals surface area contributed by atoms with Crippen LogP contribution in [0.2, 0.25) is 5.02 Å². The number of hydrogen-bond donors (Lipinski definition) is 0. The maximum Gasteiger partial charge on any atom is 0.228 e. The Morgan fingerprint density at radius 3 is 2.73 bits per heavy atom. The van der Waals surface area contributed by atoms with Crippen LogP contribution < -0.4 is 4.90 Å². The Morgan fingerprint density at radius 1 is 1.10 bits per heavy atom. The monoisotopic (exact) mass is 424 g/mol. The summed E-state index contributed by atoms with van der Waals surface area (Å²) in [5, 5.41) is 13.2. The standard InChI is InChI=1S/C21H21ClN6O2/c1-14-9-20-27(7-2-8-28(20)26-14)21(30)6-4-18(29)11-17-3-5-19(25-24-17)15-10-16(22)13-23-12-15/h3,5,9-10,12-13H,2,4,6-8,11H2,1H3. The van der Waals surface area contributed by atoms with Crippen molar-refractivity contribution in [1.82, 2.24) is 25.0 Å². The molecule has 8 nitrogen and oxygen atoms in total. The number of aromatic nitrogens is 5. The van der Waals surface area contributed by atoms with Crippen LogP contribution in [-0.4, -0.2) is 43.2 Å². The van der Waals surface area contributed by atoms with Crippen LogP contribution in [0.5, 0.6) is 0 Å². The van der Waals surface area contributed by atoms with Gasteiger partial charge < -0.3 is 0 Å². The molecule has 154 valence electrons. The van der Waals surface area contributed by atoms with Crippen LogP contribution in [0.4, 0.5) is 5.82 Å². The predicted molar refractivity (Wildman–Crippen MR) is 112 cm³/mol. The van der Waals surface area contributed by atoms with E-state index < -0.39 is 0 Å². The molecule has 1 aliphatic rings. The molecule has 9 heteroatoms. The summed E-state index contributed by atoms with van der Waals surface area (Å²) >= 11 is 5.95. The molecular weight excluding hydrogens is 404 g/mol. The van der Waals surface area contributed by atoms with Crippen molar-refractivity contribution in [3.05, 3.63) is 53.1 Å². The van der Waals surface area contributed by atoms with Crippen LogP contribution >= 0.6 is 11.6 Å². The van der Waals surface area contributed by atoms with Gasteiger partial charge in [0.25, 0.3) is 0 Å². The van der Waals surface area contributed by atoms with Crippen LogP contribution in [-0.2, 0) is 22.6 Å². The van der Waals surface area contributed by atoms with Crippen molar-refractivity contribution in [2.24, 2.45) is 0 Å². The lowest BCUT2D eigenvalue weighted by Gasteiger charge is -2.27. The maximum absolute atomic E-state index is 12.6. The van der Waals surface area contributed by atoms with E-state index in [-0.39, 0.29) is 31.0 Å². The molecule has 30 heavy (non-hydrogen) atoms. The number of rotatable bonds is 6. The lowest BCUT2D eigenvalue weighted by molar-refractivity contribution is -0.123. The molecule has 0 spiro atoms. The lowest BCUT2D eigenvalue weighted by atomic mass is 10.1. The number of hydrogen-bond acceptors (Lipinski definition) is 6. The Kier molecular flexibility index (Phi) is 5.85.